The maximum Gasteiger partial charge on any atom is 0.0433 e. The third-order valence-electron chi connectivity index (χ3n) is 8.10. The number of aryl methyl sites for hydroxylation is 1. The van der Waals surface area contributed by atoms with Crippen LogP contribution in [0, 0.1) is 5.92 Å². The standard InChI is InChI=1S/C27H35NOS/c1-2-20-7-8-26-24(19-20)27(23-5-3-4-6-25(23)30-26)14-9-22(10-15-27)28-16-11-21(12-17-28)13-18-29/h3-8,19,21-22,29H,2,9-18H2,1H3. The van der Waals surface area contributed by atoms with Crippen molar-refractivity contribution in [2.45, 2.75) is 79.5 Å². The summed E-state index contributed by atoms with van der Waals surface area (Å²) in [5.74, 6) is 0.739. The predicted octanol–water partition coefficient (Wildman–Crippen LogP) is 6.04. The Morgan fingerprint density at radius 1 is 0.967 bits per heavy atom. The van der Waals surface area contributed by atoms with E-state index in [4.69, 9.17) is 0 Å². The monoisotopic (exact) mass is 421 g/mol. The molecular formula is C27H35NOS. The number of aliphatic hydroxyl groups is 1. The van der Waals surface area contributed by atoms with Crippen molar-refractivity contribution >= 4 is 11.8 Å². The zero-order valence-electron chi connectivity index (χ0n) is 18.3. The minimum absolute atomic E-state index is 0.202. The Kier molecular flexibility index (Phi) is 5.96. The lowest BCUT2D eigenvalue weighted by Crippen LogP contribution is -2.46. The van der Waals surface area contributed by atoms with Gasteiger partial charge in [-0.05, 0) is 99.2 Å². The molecule has 3 aliphatic rings. The highest BCUT2D eigenvalue weighted by Gasteiger charge is 2.44. The summed E-state index contributed by atoms with van der Waals surface area (Å²) in [7, 11) is 0. The van der Waals surface area contributed by atoms with Crippen molar-refractivity contribution < 1.29 is 5.11 Å². The van der Waals surface area contributed by atoms with E-state index in [1.807, 2.05) is 11.8 Å². The van der Waals surface area contributed by atoms with Crippen LogP contribution >= 0.6 is 11.8 Å². The Morgan fingerprint density at radius 3 is 2.43 bits per heavy atom. The van der Waals surface area contributed by atoms with Gasteiger partial charge in [-0.3, -0.25) is 0 Å². The lowest BCUT2D eigenvalue weighted by Gasteiger charge is -2.48. The first-order valence-corrected chi connectivity index (χ1v) is 12.8. The number of aliphatic hydroxyl groups excluding tert-OH is 1. The van der Waals surface area contributed by atoms with E-state index in [0.717, 1.165) is 24.8 Å². The molecule has 2 aromatic carbocycles. The van der Waals surface area contributed by atoms with E-state index >= 15 is 0 Å². The highest BCUT2D eigenvalue weighted by Crippen LogP contribution is 2.55. The van der Waals surface area contributed by atoms with Crippen LogP contribution in [0.5, 0.6) is 0 Å². The van der Waals surface area contributed by atoms with Gasteiger partial charge in [0.05, 0.1) is 0 Å². The van der Waals surface area contributed by atoms with Crippen LogP contribution in [0.25, 0.3) is 0 Å². The van der Waals surface area contributed by atoms with Gasteiger partial charge in [0, 0.05) is 27.9 Å². The van der Waals surface area contributed by atoms with E-state index in [9.17, 15) is 5.11 Å². The number of piperidine rings is 1. The van der Waals surface area contributed by atoms with Gasteiger partial charge in [0.2, 0.25) is 0 Å². The van der Waals surface area contributed by atoms with Crippen molar-refractivity contribution in [1.82, 2.24) is 4.90 Å². The van der Waals surface area contributed by atoms with Gasteiger partial charge in [-0.2, -0.15) is 0 Å². The lowest BCUT2D eigenvalue weighted by molar-refractivity contribution is 0.0847. The van der Waals surface area contributed by atoms with Crippen molar-refractivity contribution in [3.05, 3.63) is 59.2 Å². The Bertz CT molecular complexity index is 878. The average Bonchev–Trinajstić information content (AvgIpc) is 2.80. The zero-order chi connectivity index (χ0) is 20.6. The molecule has 0 aromatic heterocycles. The first kappa shape index (κ1) is 20.6. The smallest absolute Gasteiger partial charge is 0.0433 e. The van der Waals surface area contributed by atoms with Gasteiger partial charge < -0.3 is 10.0 Å². The Morgan fingerprint density at radius 2 is 1.70 bits per heavy atom. The molecule has 2 aliphatic heterocycles. The van der Waals surface area contributed by atoms with Crippen LogP contribution in [-0.4, -0.2) is 35.7 Å². The molecule has 2 aromatic rings. The molecule has 2 nitrogen and oxygen atoms in total. The molecule has 3 heteroatoms. The second-order valence-electron chi connectivity index (χ2n) is 9.59. The first-order chi connectivity index (χ1) is 14.7. The molecule has 0 unspecified atom stereocenters. The van der Waals surface area contributed by atoms with Crippen LogP contribution in [0.1, 0.15) is 68.6 Å². The molecule has 160 valence electrons. The fourth-order valence-electron chi connectivity index (χ4n) is 6.26. The molecule has 1 N–H and O–H groups in total. The van der Waals surface area contributed by atoms with Crippen molar-refractivity contribution in [3.63, 3.8) is 0 Å². The zero-order valence-corrected chi connectivity index (χ0v) is 19.1. The molecule has 0 radical (unpaired) electrons. The third kappa shape index (κ3) is 3.63. The summed E-state index contributed by atoms with van der Waals surface area (Å²) in [6.07, 6.45) is 9.79. The summed E-state index contributed by atoms with van der Waals surface area (Å²) in [4.78, 5) is 5.72. The van der Waals surface area contributed by atoms with E-state index in [1.165, 1.54) is 67.0 Å². The van der Waals surface area contributed by atoms with Gasteiger partial charge in [-0.15, -0.1) is 0 Å². The van der Waals surface area contributed by atoms with E-state index in [1.54, 1.807) is 11.1 Å². The van der Waals surface area contributed by atoms with E-state index in [0.29, 0.717) is 6.61 Å². The SMILES string of the molecule is CCc1ccc2c(c1)C1(CCC(N3CCC(CCO)CC3)CC1)c1ccccc1S2. The summed E-state index contributed by atoms with van der Waals surface area (Å²) in [6.45, 7) is 5.08. The minimum atomic E-state index is 0.202. The third-order valence-corrected chi connectivity index (χ3v) is 9.25. The second-order valence-corrected chi connectivity index (χ2v) is 10.7. The number of hydrogen-bond acceptors (Lipinski definition) is 3. The van der Waals surface area contributed by atoms with Crippen LogP contribution < -0.4 is 0 Å². The summed E-state index contributed by atoms with van der Waals surface area (Å²) in [6, 6.07) is 17.2. The average molecular weight is 422 g/mol. The van der Waals surface area contributed by atoms with Crippen molar-refractivity contribution in [1.29, 1.82) is 0 Å². The molecule has 1 saturated heterocycles. The molecule has 2 heterocycles. The Labute approximate surface area is 186 Å². The summed E-state index contributed by atoms with van der Waals surface area (Å²) in [5.41, 5.74) is 4.86. The predicted molar refractivity (Wildman–Crippen MR) is 125 cm³/mol. The molecule has 0 atom stereocenters. The van der Waals surface area contributed by atoms with Gasteiger partial charge in [0.25, 0.3) is 0 Å². The van der Waals surface area contributed by atoms with Gasteiger partial charge in [0.15, 0.2) is 0 Å². The molecule has 2 fully saturated rings. The Balaban J connectivity index is 1.39. The topological polar surface area (TPSA) is 23.5 Å². The molecule has 0 bridgehead atoms. The van der Waals surface area contributed by atoms with Crippen LogP contribution in [0.4, 0.5) is 0 Å². The van der Waals surface area contributed by atoms with E-state index in [2.05, 4.69) is 54.3 Å². The highest BCUT2D eigenvalue weighted by atomic mass is 32.2. The van der Waals surface area contributed by atoms with E-state index in [-0.39, 0.29) is 5.41 Å². The van der Waals surface area contributed by atoms with Crippen LogP contribution in [0.15, 0.2) is 52.3 Å². The first-order valence-electron chi connectivity index (χ1n) is 12.0. The molecule has 1 saturated carbocycles. The Hall–Kier alpha value is -1.29. The number of hydrogen-bond donors (Lipinski definition) is 1. The lowest BCUT2D eigenvalue weighted by atomic mass is 9.63. The highest BCUT2D eigenvalue weighted by molar-refractivity contribution is 7.99. The van der Waals surface area contributed by atoms with Crippen molar-refractivity contribution in [2.75, 3.05) is 19.7 Å². The van der Waals surface area contributed by atoms with Gasteiger partial charge in [0.1, 0.15) is 0 Å². The fourth-order valence-corrected chi connectivity index (χ4v) is 7.52. The van der Waals surface area contributed by atoms with Crippen LogP contribution in [-0.2, 0) is 11.8 Å². The van der Waals surface area contributed by atoms with E-state index < -0.39 is 0 Å². The number of fused-ring (bicyclic) bond motifs is 4. The molecule has 1 spiro atoms. The number of benzene rings is 2. The largest absolute Gasteiger partial charge is 0.396 e. The number of rotatable bonds is 4. The maximum atomic E-state index is 9.26. The fraction of sp³-hybridized carbons (Fsp3) is 0.556. The van der Waals surface area contributed by atoms with Gasteiger partial charge in [-0.1, -0.05) is 49.0 Å². The van der Waals surface area contributed by atoms with Crippen LogP contribution in [0.2, 0.25) is 0 Å². The summed E-state index contributed by atoms with van der Waals surface area (Å²) < 4.78 is 0. The van der Waals surface area contributed by atoms with Crippen molar-refractivity contribution in [2.24, 2.45) is 5.92 Å². The molecule has 0 amide bonds. The van der Waals surface area contributed by atoms with Crippen LogP contribution in [0.3, 0.4) is 0 Å². The summed E-state index contributed by atoms with van der Waals surface area (Å²) >= 11 is 1.97. The molecule has 5 rings (SSSR count). The second kappa shape index (κ2) is 8.68. The maximum absolute atomic E-state index is 9.26. The van der Waals surface area contributed by atoms with Gasteiger partial charge >= 0.3 is 0 Å². The molecule has 30 heavy (non-hydrogen) atoms. The molecular weight excluding hydrogens is 386 g/mol. The number of likely N-dealkylation sites (tertiary alicyclic amines) is 1. The molecule has 1 aliphatic carbocycles. The van der Waals surface area contributed by atoms with Gasteiger partial charge in [-0.25, -0.2) is 0 Å². The number of nitrogens with zero attached hydrogens (tertiary/aromatic N) is 1. The minimum Gasteiger partial charge on any atom is -0.396 e. The summed E-state index contributed by atoms with van der Waals surface area (Å²) in [5, 5.41) is 9.26. The van der Waals surface area contributed by atoms with Crippen molar-refractivity contribution in [3.8, 4) is 0 Å². The quantitative estimate of drug-likeness (QED) is 0.651. The normalized spacial score (nSPS) is 27.1.